The van der Waals surface area contributed by atoms with Gasteiger partial charge in [0.2, 0.25) is 11.8 Å². The van der Waals surface area contributed by atoms with Crippen LogP contribution in [0.2, 0.25) is 0 Å². The van der Waals surface area contributed by atoms with Gasteiger partial charge in [0.05, 0.1) is 0 Å². The van der Waals surface area contributed by atoms with Crippen LogP contribution in [0.15, 0.2) is 4.42 Å². The minimum absolute atomic E-state index is 0.387. The Bertz CT molecular complexity index is 432. The molecule has 0 saturated heterocycles. The van der Waals surface area contributed by atoms with Crippen LogP contribution in [-0.4, -0.2) is 28.9 Å². The number of aryl methyl sites for hydroxylation is 1. The van der Waals surface area contributed by atoms with Crippen molar-refractivity contribution in [1.82, 2.24) is 15.5 Å². The van der Waals surface area contributed by atoms with E-state index in [-0.39, 0.29) is 11.7 Å². The van der Waals surface area contributed by atoms with Gasteiger partial charge >= 0.3 is 6.09 Å². The van der Waals surface area contributed by atoms with Gasteiger partial charge in [0.25, 0.3) is 0 Å². The summed E-state index contributed by atoms with van der Waals surface area (Å²) in [5, 5.41) is 10.3. The summed E-state index contributed by atoms with van der Waals surface area (Å²) in [7, 11) is 1.54. The zero-order valence-corrected chi connectivity index (χ0v) is 13.7. The largest absolute Gasteiger partial charge is 0.444 e. The van der Waals surface area contributed by atoms with E-state index in [1.165, 1.54) is 39.2 Å². The molecular weight excluding hydrogens is 270 g/mol. The molecule has 0 aromatic carbocycles. The summed E-state index contributed by atoms with van der Waals surface area (Å²) in [5.74, 6) is 2.09. The number of aromatic nitrogens is 2. The number of rotatable bonds is 1. The molecule has 1 amide bonds. The van der Waals surface area contributed by atoms with Gasteiger partial charge < -0.3 is 14.5 Å². The Morgan fingerprint density at radius 3 is 2.24 bits per heavy atom. The number of alkyl carbamates (subject to hydrolysis) is 1. The van der Waals surface area contributed by atoms with Gasteiger partial charge in [0, 0.05) is 19.9 Å². The van der Waals surface area contributed by atoms with E-state index in [1.54, 1.807) is 0 Å². The summed E-state index contributed by atoms with van der Waals surface area (Å²) in [6, 6.07) is 0. The third kappa shape index (κ3) is 7.11. The first kappa shape index (κ1) is 17.5. The number of ether oxygens (including phenoxy) is 1. The predicted molar refractivity (Wildman–Crippen MR) is 80.2 cm³/mol. The molecule has 1 heterocycles. The quantitative estimate of drug-likeness (QED) is 0.857. The highest BCUT2D eigenvalue weighted by Gasteiger charge is 2.20. The Labute approximate surface area is 126 Å². The molecule has 0 radical (unpaired) electrons. The van der Waals surface area contributed by atoms with Crippen LogP contribution < -0.4 is 5.32 Å². The van der Waals surface area contributed by atoms with Crippen molar-refractivity contribution in [1.29, 1.82) is 0 Å². The van der Waals surface area contributed by atoms with Gasteiger partial charge in [-0.15, -0.1) is 10.2 Å². The Hall–Kier alpha value is -1.59. The summed E-state index contributed by atoms with van der Waals surface area (Å²) in [5.41, 5.74) is -0.389. The first-order valence-electron chi connectivity index (χ1n) is 7.52. The van der Waals surface area contributed by atoms with Crippen LogP contribution in [0.1, 0.15) is 70.6 Å². The molecule has 1 aliphatic rings. The van der Waals surface area contributed by atoms with E-state index in [0.717, 1.165) is 5.89 Å². The standard InChI is InChI=1S/C9H14N2O.C6H13NO2/c1-7-10-11-9(12-7)8-5-3-2-4-6-8;1-6(2,3)9-5(8)7-4/h8H,2-6H2,1H3;1-4H3,(H,7,8). The monoisotopic (exact) mass is 297 g/mol. The molecule has 1 aliphatic carbocycles. The Kier molecular flexibility index (Phi) is 6.65. The van der Waals surface area contributed by atoms with E-state index in [1.807, 2.05) is 27.7 Å². The summed E-state index contributed by atoms with van der Waals surface area (Å²) in [6.07, 6.45) is 6.05. The van der Waals surface area contributed by atoms with Crippen molar-refractivity contribution < 1.29 is 13.9 Å². The number of nitrogens with one attached hydrogen (secondary N) is 1. The smallest absolute Gasteiger partial charge is 0.407 e. The zero-order valence-electron chi connectivity index (χ0n) is 13.7. The maximum Gasteiger partial charge on any atom is 0.407 e. The van der Waals surface area contributed by atoms with Crippen molar-refractivity contribution in [3.8, 4) is 0 Å². The fourth-order valence-electron chi connectivity index (χ4n) is 2.16. The van der Waals surface area contributed by atoms with Crippen molar-refractivity contribution in [2.24, 2.45) is 0 Å². The Morgan fingerprint density at radius 1 is 1.24 bits per heavy atom. The van der Waals surface area contributed by atoms with Crippen molar-refractivity contribution in [2.45, 2.75) is 71.3 Å². The molecule has 21 heavy (non-hydrogen) atoms. The van der Waals surface area contributed by atoms with Crippen LogP contribution in [0.3, 0.4) is 0 Å². The lowest BCUT2D eigenvalue weighted by Gasteiger charge is -2.18. The molecule has 6 nitrogen and oxygen atoms in total. The fourth-order valence-corrected chi connectivity index (χ4v) is 2.16. The molecule has 1 N–H and O–H groups in total. The van der Waals surface area contributed by atoms with Crippen molar-refractivity contribution in [3.05, 3.63) is 11.8 Å². The number of carbonyl (C=O) groups is 1. The highest BCUT2D eigenvalue weighted by atomic mass is 16.6. The normalized spacial score (nSPS) is 15.9. The summed E-state index contributed by atoms with van der Waals surface area (Å²) < 4.78 is 10.2. The average molecular weight is 297 g/mol. The molecule has 0 aliphatic heterocycles. The van der Waals surface area contributed by atoms with E-state index in [2.05, 4.69) is 15.5 Å². The van der Waals surface area contributed by atoms with Gasteiger partial charge in [0.1, 0.15) is 5.60 Å². The van der Waals surface area contributed by atoms with E-state index < -0.39 is 0 Å². The number of carbonyl (C=O) groups excluding carboxylic acids is 1. The van der Waals surface area contributed by atoms with Crippen molar-refractivity contribution >= 4 is 6.09 Å². The summed E-state index contributed by atoms with van der Waals surface area (Å²) >= 11 is 0. The van der Waals surface area contributed by atoms with E-state index in [4.69, 9.17) is 9.15 Å². The van der Waals surface area contributed by atoms with Crippen LogP contribution in [0.25, 0.3) is 0 Å². The molecule has 1 saturated carbocycles. The van der Waals surface area contributed by atoms with E-state index >= 15 is 0 Å². The second-order valence-electron chi connectivity index (χ2n) is 6.25. The minimum Gasteiger partial charge on any atom is -0.444 e. The molecular formula is C15H27N3O3. The first-order valence-corrected chi connectivity index (χ1v) is 7.52. The predicted octanol–water partition coefficient (Wildman–Crippen LogP) is 3.57. The Morgan fingerprint density at radius 2 is 1.86 bits per heavy atom. The zero-order chi connectivity index (χ0) is 15.9. The van der Waals surface area contributed by atoms with Crippen LogP contribution in [0.5, 0.6) is 0 Å². The van der Waals surface area contributed by atoms with Crippen LogP contribution in [0.4, 0.5) is 4.79 Å². The molecule has 0 atom stereocenters. The Balaban J connectivity index is 0.000000222. The second-order valence-corrected chi connectivity index (χ2v) is 6.25. The van der Waals surface area contributed by atoms with E-state index in [9.17, 15) is 4.79 Å². The van der Waals surface area contributed by atoms with Crippen LogP contribution in [0, 0.1) is 6.92 Å². The lowest BCUT2D eigenvalue weighted by atomic mass is 9.89. The fraction of sp³-hybridized carbons (Fsp3) is 0.800. The molecule has 1 aromatic rings. The first-order chi connectivity index (χ1) is 9.81. The number of amides is 1. The average Bonchev–Trinajstić information content (AvgIpc) is 2.85. The minimum atomic E-state index is -0.389. The molecule has 6 heteroatoms. The SMILES string of the molecule is CNC(=O)OC(C)(C)C.Cc1nnc(C2CCCCC2)o1. The molecule has 1 aromatic heterocycles. The maximum absolute atomic E-state index is 10.5. The third-order valence-corrected chi connectivity index (χ3v) is 3.10. The van der Waals surface area contributed by atoms with Crippen LogP contribution >= 0.6 is 0 Å². The molecule has 0 spiro atoms. The topological polar surface area (TPSA) is 77.2 Å². The number of hydrogen-bond acceptors (Lipinski definition) is 5. The maximum atomic E-state index is 10.5. The third-order valence-electron chi connectivity index (χ3n) is 3.10. The number of nitrogens with zero attached hydrogens (tertiary/aromatic N) is 2. The molecule has 0 bridgehead atoms. The van der Waals surface area contributed by atoms with Crippen molar-refractivity contribution in [3.63, 3.8) is 0 Å². The molecule has 2 rings (SSSR count). The van der Waals surface area contributed by atoms with Gasteiger partial charge in [-0.2, -0.15) is 0 Å². The van der Waals surface area contributed by atoms with Gasteiger partial charge in [0.15, 0.2) is 0 Å². The number of hydrogen-bond donors (Lipinski definition) is 1. The lowest BCUT2D eigenvalue weighted by molar-refractivity contribution is 0.0541. The highest BCUT2D eigenvalue weighted by molar-refractivity contribution is 5.67. The summed E-state index contributed by atoms with van der Waals surface area (Å²) in [6.45, 7) is 7.31. The molecule has 120 valence electrons. The molecule has 1 fully saturated rings. The van der Waals surface area contributed by atoms with Gasteiger partial charge in [-0.3, -0.25) is 0 Å². The molecule has 0 unspecified atom stereocenters. The van der Waals surface area contributed by atoms with E-state index in [0.29, 0.717) is 11.8 Å². The summed E-state index contributed by atoms with van der Waals surface area (Å²) in [4.78, 5) is 10.5. The van der Waals surface area contributed by atoms with Gasteiger partial charge in [-0.05, 0) is 33.6 Å². The lowest BCUT2D eigenvalue weighted by Crippen LogP contribution is -2.30. The second kappa shape index (κ2) is 8.00. The van der Waals surface area contributed by atoms with Gasteiger partial charge in [-0.1, -0.05) is 19.3 Å². The van der Waals surface area contributed by atoms with Crippen molar-refractivity contribution in [2.75, 3.05) is 7.05 Å². The highest BCUT2D eigenvalue weighted by Crippen LogP contribution is 2.31. The van der Waals surface area contributed by atoms with Gasteiger partial charge in [-0.25, -0.2) is 4.79 Å². The van der Waals surface area contributed by atoms with Crippen LogP contribution in [-0.2, 0) is 4.74 Å².